The number of aromatic nitrogens is 2. The molecule has 8 heteroatoms. The summed E-state index contributed by atoms with van der Waals surface area (Å²) in [4.78, 5) is 11.9. The first kappa shape index (κ1) is 23.4. The molecule has 0 bridgehead atoms. The molecule has 0 radical (unpaired) electrons. The molecule has 0 spiro atoms. The lowest BCUT2D eigenvalue weighted by atomic mass is 9.91. The van der Waals surface area contributed by atoms with Crippen LogP contribution >= 0.6 is 22.6 Å². The summed E-state index contributed by atoms with van der Waals surface area (Å²) < 4.78 is 6.09. The van der Waals surface area contributed by atoms with Crippen molar-refractivity contribution in [2.24, 2.45) is 0 Å². The third-order valence-corrected chi connectivity index (χ3v) is 7.37. The van der Waals surface area contributed by atoms with Crippen molar-refractivity contribution in [2.75, 3.05) is 31.4 Å². The molecular formula is C24H34IN5O2. The van der Waals surface area contributed by atoms with Gasteiger partial charge in [0.2, 0.25) is 5.95 Å². The number of nitrogens with one attached hydrogen (secondary N) is 2. The Morgan fingerprint density at radius 1 is 1.09 bits per heavy atom. The van der Waals surface area contributed by atoms with E-state index in [1.54, 1.807) is 7.11 Å². The van der Waals surface area contributed by atoms with Crippen molar-refractivity contribution in [3.05, 3.63) is 32.5 Å². The minimum Gasteiger partial charge on any atom is -0.504 e. The third-order valence-electron chi connectivity index (χ3n) is 6.55. The van der Waals surface area contributed by atoms with E-state index in [-0.39, 0.29) is 5.75 Å². The van der Waals surface area contributed by atoms with Crippen molar-refractivity contribution >= 4 is 34.4 Å². The third kappa shape index (κ3) is 5.39. The lowest BCUT2D eigenvalue weighted by Gasteiger charge is -2.30. The summed E-state index contributed by atoms with van der Waals surface area (Å²) in [7, 11) is 5.73. The molecule has 1 heterocycles. The highest BCUT2D eigenvalue weighted by Crippen LogP contribution is 2.33. The van der Waals surface area contributed by atoms with Gasteiger partial charge in [-0.3, -0.25) is 0 Å². The number of rotatable bonds is 7. The maximum atomic E-state index is 10.0. The van der Waals surface area contributed by atoms with Gasteiger partial charge in [-0.25, -0.2) is 4.98 Å². The molecular weight excluding hydrogens is 517 g/mol. The van der Waals surface area contributed by atoms with Gasteiger partial charge in [-0.2, -0.15) is 4.98 Å². The second-order valence-electron chi connectivity index (χ2n) is 9.10. The Bertz CT molecular complexity index is 944. The van der Waals surface area contributed by atoms with Gasteiger partial charge in [0.15, 0.2) is 11.5 Å². The van der Waals surface area contributed by atoms with E-state index >= 15 is 0 Å². The number of phenols is 1. The van der Waals surface area contributed by atoms with Crippen LogP contribution in [-0.2, 0) is 19.4 Å². The Morgan fingerprint density at radius 3 is 2.53 bits per heavy atom. The summed E-state index contributed by atoms with van der Waals surface area (Å²) >= 11 is 2.14. The molecule has 1 fully saturated rings. The summed E-state index contributed by atoms with van der Waals surface area (Å²) in [5.74, 6) is 2.61. The van der Waals surface area contributed by atoms with Crippen LogP contribution in [0.2, 0.25) is 0 Å². The van der Waals surface area contributed by atoms with Gasteiger partial charge < -0.3 is 25.4 Å². The molecule has 2 aliphatic rings. The zero-order valence-electron chi connectivity index (χ0n) is 19.2. The second kappa shape index (κ2) is 10.4. The normalized spacial score (nSPS) is 20.5. The maximum absolute atomic E-state index is 10.0. The van der Waals surface area contributed by atoms with Gasteiger partial charge in [-0.05, 0) is 91.7 Å². The number of phenolic OH excluding ortho intramolecular Hbond substituents is 1. The van der Waals surface area contributed by atoms with E-state index in [1.165, 1.54) is 24.1 Å². The zero-order valence-corrected chi connectivity index (χ0v) is 21.4. The molecule has 7 nitrogen and oxygen atoms in total. The monoisotopic (exact) mass is 551 g/mol. The molecule has 0 saturated heterocycles. The van der Waals surface area contributed by atoms with E-state index in [0.717, 1.165) is 66.0 Å². The van der Waals surface area contributed by atoms with Crippen molar-refractivity contribution in [3.8, 4) is 11.5 Å². The highest BCUT2D eigenvalue weighted by Gasteiger charge is 2.24. The van der Waals surface area contributed by atoms with Crippen LogP contribution in [0.15, 0.2) is 12.1 Å². The molecule has 2 aromatic rings. The van der Waals surface area contributed by atoms with Crippen LogP contribution in [0.3, 0.4) is 0 Å². The standard InChI is InChI=1S/C24H34IN5O2/c1-30(2)23-18-6-4-5-7-20(18)28-24(29-23)27-17-10-8-16(9-11-17)26-14-15-12-19(25)22(31)21(13-15)32-3/h12-13,16-17,26,31H,4-11,14H2,1-3H3,(H,27,28,29). The lowest BCUT2D eigenvalue weighted by Crippen LogP contribution is -2.37. The molecule has 32 heavy (non-hydrogen) atoms. The summed E-state index contributed by atoms with van der Waals surface area (Å²) in [6.07, 6.45) is 9.05. The number of aromatic hydroxyl groups is 1. The molecule has 4 rings (SSSR count). The first-order valence-corrected chi connectivity index (χ1v) is 12.6. The van der Waals surface area contributed by atoms with Crippen molar-refractivity contribution in [2.45, 2.75) is 70.0 Å². The predicted octanol–water partition coefficient (Wildman–Crippen LogP) is 4.25. The summed E-state index contributed by atoms with van der Waals surface area (Å²) in [6, 6.07) is 4.83. The average Bonchev–Trinajstić information content (AvgIpc) is 2.80. The van der Waals surface area contributed by atoms with Crippen LogP contribution < -0.4 is 20.3 Å². The Hall–Kier alpha value is -1.81. The number of methoxy groups -OCH3 is 1. The van der Waals surface area contributed by atoms with Crippen molar-refractivity contribution < 1.29 is 9.84 Å². The molecule has 1 aromatic carbocycles. The number of benzene rings is 1. The lowest BCUT2D eigenvalue weighted by molar-refractivity contribution is 0.350. The smallest absolute Gasteiger partial charge is 0.225 e. The number of hydrogen-bond donors (Lipinski definition) is 3. The molecule has 1 saturated carbocycles. The molecule has 0 atom stereocenters. The van der Waals surface area contributed by atoms with E-state index in [2.05, 4.69) is 52.2 Å². The highest BCUT2D eigenvalue weighted by atomic mass is 127. The first-order valence-electron chi connectivity index (χ1n) is 11.6. The zero-order chi connectivity index (χ0) is 22.7. The SMILES string of the molecule is COc1cc(CNC2CCC(Nc3nc4c(c(N(C)C)n3)CCCC4)CC2)cc(I)c1O. The number of fused-ring (bicyclic) bond motifs is 1. The number of anilines is 2. The molecule has 2 aliphatic carbocycles. The molecule has 174 valence electrons. The molecule has 0 unspecified atom stereocenters. The highest BCUT2D eigenvalue weighted by molar-refractivity contribution is 14.1. The van der Waals surface area contributed by atoms with Gasteiger partial charge in [0.25, 0.3) is 0 Å². The molecule has 1 aromatic heterocycles. The predicted molar refractivity (Wildman–Crippen MR) is 137 cm³/mol. The largest absolute Gasteiger partial charge is 0.504 e. The molecule has 0 aliphatic heterocycles. The van der Waals surface area contributed by atoms with Crippen molar-refractivity contribution in [3.63, 3.8) is 0 Å². The Kier molecular flexibility index (Phi) is 7.60. The fourth-order valence-electron chi connectivity index (χ4n) is 4.78. The minimum absolute atomic E-state index is 0.213. The maximum Gasteiger partial charge on any atom is 0.225 e. The number of hydrogen-bond acceptors (Lipinski definition) is 7. The average molecular weight is 551 g/mol. The Labute approximate surface area is 204 Å². The molecule has 3 N–H and O–H groups in total. The van der Waals surface area contributed by atoms with E-state index in [9.17, 15) is 5.11 Å². The Balaban J connectivity index is 1.32. The number of aryl methyl sites for hydroxylation is 1. The van der Waals surface area contributed by atoms with Gasteiger partial charge in [-0.15, -0.1) is 0 Å². The van der Waals surface area contributed by atoms with Gasteiger partial charge in [0.05, 0.1) is 16.4 Å². The number of halogens is 1. The number of ether oxygens (including phenoxy) is 1. The fourth-order valence-corrected chi connectivity index (χ4v) is 5.45. The summed E-state index contributed by atoms with van der Waals surface area (Å²) in [5.41, 5.74) is 3.69. The second-order valence-corrected chi connectivity index (χ2v) is 10.3. The van der Waals surface area contributed by atoms with Crippen LogP contribution in [0.1, 0.15) is 55.3 Å². The van der Waals surface area contributed by atoms with Crippen LogP contribution in [0.5, 0.6) is 11.5 Å². The van der Waals surface area contributed by atoms with Crippen LogP contribution in [-0.4, -0.2) is 48.4 Å². The van der Waals surface area contributed by atoms with Crippen molar-refractivity contribution in [1.29, 1.82) is 0 Å². The van der Waals surface area contributed by atoms with Gasteiger partial charge in [-0.1, -0.05) is 0 Å². The van der Waals surface area contributed by atoms with Gasteiger partial charge in [0.1, 0.15) is 5.82 Å². The van der Waals surface area contributed by atoms with E-state index in [1.807, 2.05) is 12.1 Å². The van der Waals surface area contributed by atoms with Crippen LogP contribution in [0.4, 0.5) is 11.8 Å². The van der Waals surface area contributed by atoms with Gasteiger partial charge >= 0.3 is 0 Å². The Morgan fingerprint density at radius 2 is 1.81 bits per heavy atom. The quantitative estimate of drug-likeness (QED) is 0.444. The van der Waals surface area contributed by atoms with E-state index in [4.69, 9.17) is 14.7 Å². The van der Waals surface area contributed by atoms with Gasteiger partial charge in [0, 0.05) is 38.3 Å². The first-order chi connectivity index (χ1) is 15.4. The van der Waals surface area contributed by atoms with Crippen LogP contribution in [0.25, 0.3) is 0 Å². The summed E-state index contributed by atoms with van der Waals surface area (Å²) in [5, 5.41) is 17.3. The van der Waals surface area contributed by atoms with Crippen molar-refractivity contribution in [1.82, 2.24) is 15.3 Å². The van der Waals surface area contributed by atoms with E-state index < -0.39 is 0 Å². The topological polar surface area (TPSA) is 82.5 Å². The van der Waals surface area contributed by atoms with Crippen LogP contribution in [0, 0.1) is 3.57 Å². The fraction of sp³-hybridized carbons (Fsp3) is 0.583. The van der Waals surface area contributed by atoms with E-state index in [0.29, 0.717) is 17.8 Å². The minimum atomic E-state index is 0.213. The number of nitrogens with zero attached hydrogens (tertiary/aromatic N) is 3. The molecule has 0 amide bonds. The summed E-state index contributed by atoms with van der Waals surface area (Å²) in [6.45, 7) is 0.773.